The summed E-state index contributed by atoms with van der Waals surface area (Å²) in [5.74, 6) is -0.187. The molecule has 4 nitrogen and oxygen atoms in total. The third-order valence-corrected chi connectivity index (χ3v) is 1.46. The first-order chi connectivity index (χ1) is 5.70. The van der Waals surface area contributed by atoms with Crippen LogP contribution in [-0.4, -0.2) is 22.4 Å². The minimum Gasteiger partial charge on any atom is -0.346 e. The minimum atomic E-state index is -0.187. The van der Waals surface area contributed by atoms with Gasteiger partial charge in [0.1, 0.15) is 5.69 Å². The molecule has 12 heavy (non-hydrogen) atoms. The van der Waals surface area contributed by atoms with Crippen LogP contribution in [-0.2, 0) is 0 Å². The number of amides is 1. The molecule has 0 radical (unpaired) electrons. The zero-order chi connectivity index (χ0) is 8.97. The Labute approximate surface area is 78.2 Å². The number of aromatic nitrogens is 2. The number of hydrogen-bond donors (Lipinski definition) is 2. The van der Waals surface area contributed by atoms with Gasteiger partial charge in [0.15, 0.2) is 0 Å². The van der Waals surface area contributed by atoms with Crippen molar-refractivity contribution in [3.05, 3.63) is 29.3 Å². The monoisotopic (exact) mass is 229 g/mol. The predicted octanol–water partition coefficient (Wildman–Crippen LogP) is 1.05. The molecule has 0 atom stereocenters. The third-order valence-electron chi connectivity index (χ3n) is 1.18. The number of carbonyl (C=O) groups is 1. The Kier molecular flexibility index (Phi) is 3.04. The fourth-order valence-corrected chi connectivity index (χ4v) is 0.792. The molecule has 0 bridgehead atoms. The third kappa shape index (κ3) is 2.50. The first kappa shape index (κ1) is 8.99. The van der Waals surface area contributed by atoms with E-state index in [1.165, 1.54) is 12.5 Å². The van der Waals surface area contributed by atoms with Crippen molar-refractivity contribution in [3.63, 3.8) is 0 Å². The number of nitrogens with zero attached hydrogens (tertiary/aromatic N) is 1. The Bertz CT molecular complexity index is 281. The van der Waals surface area contributed by atoms with Crippen LogP contribution in [0, 0.1) is 0 Å². The van der Waals surface area contributed by atoms with Gasteiger partial charge in [-0.25, -0.2) is 4.98 Å². The lowest BCUT2D eigenvalue weighted by Crippen LogP contribution is -2.24. The van der Waals surface area contributed by atoms with Gasteiger partial charge in [0.25, 0.3) is 5.91 Å². The molecule has 1 aromatic heterocycles. The largest absolute Gasteiger partial charge is 0.346 e. The molecular weight excluding hydrogens is 222 g/mol. The van der Waals surface area contributed by atoms with Crippen molar-refractivity contribution in [2.45, 2.75) is 0 Å². The average Bonchev–Trinajstić information content (AvgIpc) is 2.51. The summed E-state index contributed by atoms with van der Waals surface area (Å²) in [6.45, 7) is 4.00. The highest BCUT2D eigenvalue weighted by Crippen LogP contribution is 1.98. The summed E-state index contributed by atoms with van der Waals surface area (Å²) in [4.78, 5) is 17.6. The molecule has 0 aliphatic heterocycles. The fraction of sp³-hybridized carbons (Fsp3) is 0.143. The Balaban J connectivity index is 2.45. The number of hydrogen-bond acceptors (Lipinski definition) is 2. The van der Waals surface area contributed by atoms with E-state index >= 15 is 0 Å². The molecule has 5 heteroatoms. The topological polar surface area (TPSA) is 57.8 Å². The van der Waals surface area contributed by atoms with Crippen LogP contribution in [0.5, 0.6) is 0 Å². The summed E-state index contributed by atoms with van der Waals surface area (Å²) < 4.78 is 0.732. The number of nitrogens with one attached hydrogen (secondary N) is 2. The van der Waals surface area contributed by atoms with Gasteiger partial charge in [-0.3, -0.25) is 4.79 Å². The van der Waals surface area contributed by atoms with E-state index < -0.39 is 0 Å². The van der Waals surface area contributed by atoms with Crippen molar-refractivity contribution < 1.29 is 4.79 Å². The molecule has 0 spiro atoms. The van der Waals surface area contributed by atoms with E-state index in [-0.39, 0.29) is 5.91 Å². The normalized spacial score (nSPS) is 9.42. The summed E-state index contributed by atoms with van der Waals surface area (Å²) in [7, 11) is 0. The molecule has 0 aliphatic carbocycles. The number of halogens is 1. The van der Waals surface area contributed by atoms with Crippen LogP contribution in [0.25, 0.3) is 0 Å². The lowest BCUT2D eigenvalue weighted by atomic mass is 10.4. The van der Waals surface area contributed by atoms with E-state index in [0.717, 1.165) is 4.48 Å². The van der Waals surface area contributed by atoms with Crippen molar-refractivity contribution >= 4 is 21.8 Å². The summed E-state index contributed by atoms with van der Waals surface area (Å²) >= 11 is 3.13. The fourth-order valence-electron chi connectivity index (χ4n) is 0.651. The first-order valence-corrected chi connectivity index (χ1v) is 4.09. The molecule has 0 unspecified atom stereocenters. The molecule has 0 saturated carbocycles. The zero-order valence-corrected chi connectivity index (χ0v) is 7.89. The van der Waals surface area contributed by atoms with Gasteiger partial charge in [0, 0.05) is 11.0 Å². The molecule has 1 amide bonds. The number of H-pyrrole nitrogens is 1. The second-order valence-electron chi connectivity index (χ2n) is 2.17. The summed E-state index contributed by atoms with van der Waals surface area (Å²) in [5, 5.41) is 2.63. The highest BCUT2D eigenvalue weighted by atomic mass is 79.9. The predicted molar refractivity (Wildman–Crippen MR) is 49.0 cm³/mol. The molecule has 0 aliphatic rings. The van der Waals surface area contributed by atoms with Crippen LogP contribution in [0.15, 0.2) is 23.6 Å². The van der Waals surface area contributed by atoms with Gasteiger partial charge >= 0.3 is 0 Å². The van der Waals surface area contributed by atoms with E-state index in [4.69, 9.17) is 0 Å². The maximum Gasteiger partial charge on any atom is 0.269 e. The van der Waals surface area contributed by atoms with E-state index in [9.17, 15) is 4.79 Å². The highest BCUT2D eigenvalue weighted by Gasteiger charge is 2.04. The summed E-state index contributed by atoms with van der Waals surface area (Å²) in [6, 6.07) is 0. The Hall–Kier alpha value is -1.10. The second kappa shape index (κ2) is 4.06. The van der Waals surface area contributed by atoms with E-state index in [0.29, 0.717) is 12.2 Å². The Morgan fingerprint density at radius 3 is 3.08 bits per heavy atom. The van der Waals surface area contributed by atoms with E-state index in [1.54, 1.807) is 0 Å². The van der Waals surface area contributed by atoms with Crippen LogP contribution in [0.1, 0.15) is 10.5 Å². The van der Waals surface area contributed by atoms with Crippen molar-refractivity contribution in [1.82, 2.24) is 15.3 Å². The van der Waals surface area contributed by atoms with Gasteiger partial charge in [0.05, 0.1) is 12.5 Å². The Morgan fingerprint density at radius 2 is 2.58 bits per heavy atom. The standard InChI is InChI=1S/C7H8BrN3O/c1-5(8)2-10-7(12)6-3-9-4-11-6/h3-4H,1-2H2,(H,9,11)(H,10,12). The molecule has 64 valence electrons. The maximum atomic E-state index is 11.2. The smallest absolute Gasteiger partial charge is 0.269 e. The van der Waals surface area contributed by atoms with Gasteiger partial charge in [-0.15, -0.1) is 0 Å². The van der Waals surface area contributed by atoms with Gasteiger partial charge in [-0.2, -0.15) is 0 Å². The molecular formula is C7H8BrN3O. The average molecular weight is 230 g/mol. The molecule has 0 fully saturated rings. The lowest BCUT2D eigenvalue weighted by Gasteiger charge is -2.00. The van der Waals surface area contributed by atoms with Crippen molar-refractivity contribution in [1.29, 1.82) is 0 Å². The van der Waals surface area contributed by atoms with E-state index in [2.05, 4.69) is 37.8 Å². The number of carbonyl (C=O) groups excluding carboxylic acids is 1. The van der Waals surface area contributed by atoms with Crippen molar-refractivity contribution in [2.75, 3.05) is 6.54 Å². The molecule has 0 aromatic carbocycles. The quantitative estimate of drug-likeness (QED) is 0.815. The molecule has 1 rings (SSSR count). The number of imidazole rings is 1. The van der Waals surface area contributed by atoms with Crippen LogP contribution in [0.3, 0.4) is 0 Å². The lowest BCUT2D eigenvalue weighted by molar-refractivity contribution is 0.0953. The van der Waals surface area contributed by atoms with E-state index in [1.807, 2.05) is 0 Å². The van der Waals surface area contributed by atoms with Crippen LogP contribution in [0.4, 0.5) is 0 Å². The second-order valence-corrected chi connectivity index (χ2v) is 3.29. The first-order valence-electron chi connectivity index (χ1n) is 3.30. The van der Waals surface area contributed by atoms with Crippen molar-refractivity contribution in [2.24, 2.45) is 0 Å². The SMILES string of the molecule is C=C(Br)CNC(=O)c1cnc[nH]1. The van der Waals surface area contributed by atoms with Gasteiger partial charge < -0.3 is 10.3 Å². The van der Waals surface area contributed by atoms with Gasteiger partial charge in [0.2, 0.25) is 0 Å². The van der Waals surface area contributed by atoms with Crippen molar-refractivity contribution in [3.8, 4) is 0 Å². The Morgan fingerprint density at radius 1 is 1.83 bits per heavy atom. The summed E-state index contributed by atoms with van der Waals surface area (Å²) in [6.07, 6.45) is 2.92. The van der Waals surface area contributed by atoms with Crippen LogP contribution < -0.4 is 5.32 Å². The molecule has 1 aromatic rings. The van der Waals surface area contributed by atoms with Gasteiger partial charge in [-0.1, -0.05) is 22.5 Å². The summed E-state index contributed by atoms with van der Waals surface area (Å²) in [5.41, 5.74) is 0.448. The van der Waals surface area contributed by atoms with Crippen LogP contribution in [0.2, 0.25) is 0 Å². The number of rotatable bonds is 3. The maximum absolute atomic E-state index is 11.2. The highest BCUT2D eigenvalue weighted by molar-refractivity contribution is 9.11. The number of aromatic amines is 1. The van der Waals surface area contributed by atoms with Crippen LogP contribution >= 0.6 is 15.9 Å². The molecule has 2 N–H and O–H groups in total. The molecule has 0 saturated heterocycles. The molecule has 1 heterocycles. The zero-order valence-electron chi connectivity index (χ0n) is 6.30. The minimum absolute atomic E-state index is 0.187. The van der Waals surface area contributed by atoms with Gasteiger partial charge in [-0.05, 0) is 0 Å².